The van der Waals surface area contributed by atoms with Gasteiger partial charge in [-0.2, -0.15) is 4.98 Å². The highest BCUT2D eigenvalue weighted by molar-refractivity contribution is 6.29. The van der Waals surface area contributed by atoms with Crippen LogP contribution in [0.3, 0.4) is 0 Å². The van der Waals surface area contributed by atoms with E-state index in [1.165, 1.54) is 5.56 Å². The van der Waals surface area contributed by atoms with Gasteiger partial charge in [0, 0.05) is 26.0 Å². The summed E-state index contributed by atoms with van der Waals surface area (Å²) >= 11 is 6.24. The van der Waals surface area contributed by atoms with E-state index in [4.69, 9.17) is 16.3 Å². The van der Waals surface area contributed by atoms with E-state index in [1.54, 1.807) is 6.07 Å². The summed E-state index contributed by atoms with van der Waals surface area (Å²) < 4.78 is 8.75. The fraction of sp³-hybridized carbons (Fsp3) is 0.500. The van der Waals surface area contributed by atoms with Crippen molar-refractivity contribution in [3.05, 3.63) is 41.3 Å². The van der Waals surface area contributed by atoms with Gasteiger partial charge in [0.1, 0.15) is 5.15 Å². The summed E-state index contributed by atoms with van der Waals surface area (Å²) in [6, 6.07) is 7.77. The molecule has 0 atom stereocenters. The molecule has 0 bridgehead atoms. The molecule has 0 aliphatic carbocycles. The molecule has 3 heterocycles. The van der Waals surface area contributed by atoms with Gasteiger partial charge in [-0.3, -0.25) is 4.79 Å². The number of nitrogens with zero attached hydrogens (tertiary/aromatic N) is 5. The summed E-state index contributed by atoms with van der Waals surface area (Å²) in [4.78, 5) is 24.8. The Labute approximate surface area is 204 Å². The number of likely N-dealkylation sites (tertiary alicyclic amines) is 1. The number of rotatable bonds is 9. The molecule has 9 nitrogen and oxygen atoms in total. The second-order valence-electron chi connectivity index (χ2n) is 9.80. The summed E-state index contributed by atoms with van der Waals surface area (Å²) in [5.41, 5.74) is 2.69. The van der Waals surface area contributed by atoms with Crippen molar-refractivity contribution in [2.24, 2.45) is 7.05 Å². The van der Waals surface area contributed by atoms with Crippen LogP contribution in [0.4, 0.5) is 5.95 Å². The van der Waals surface area contributed by atoms with Gasteiger partial charge >= 0.3 is 5.97 Å². The molecule has 34 heavy (non-hydrogen) atoms. The number of carbonyl (C=O) groups is 1. The summed E-state index contributed by atoms with van der Waals surface area (Å²) in [6.07, 6.45) is 4.85. The van der Waals surface area contributed by atoms with Crippen molar-refractivity contribution in [1.29, 1.82) is 0 Å². The molecule has 4 rings (SSSR count). The molecule has 2 aromatic heterocycles. The topological polar surface area (TPSA) is 102 Å². The number of aryl methyl sites for hydroxylation is 2. The predicted octanol–water partition coefficient (Wildman–Crippen LogP) is 3.52. The highest BCUT2D eigenvalue weighted by atomic mass is 35.5. The molecular formula is C24H32ClN6O3+. The molecule has 1 aliphatic heterocycles. The molecule has 0 saturated carbocycles. The fourth-order valence-electron chi connectivity index (χ4n) is 4.53. The normalized spacial score (nSPS) is 16.9. The maximum atomic E-state index is 11.6. The third-order valence-electron chi connectivity index (χ3n) is 6.61. The molecule has 1 saturated heterocycles. The van der Waals surface area contributed by atoms with Gasteiger partial charge in [-0.1, -0.05) is 23.7 Å². The van der Waals surface area contributed by atoms with Gasteiger partial charge in [0.05, 0.1) is 63.1 Å². The zero-order chi connectivity index (χ0) is 24.3. The van der Waals surface area contributed by atoms with Crippen molar-refractivity contribution < 1.29 is 19.1 Å². The zero-order valence-electron chi connectivity index (χ0n) is 19.9. The third-order valence-corrected chi connectivity index (χ3v) is 6.80. The average molecular weight is 488 g/mol. The number of carboxylic acids is 1. The van der Waals surface area contributed by atoms with E-state index >= 15 is 0 Å². The van der Waals surface area contributed by atoms with Gasteiger partial charge in [-0.15, -0.1) is 0 Å². The Hall–Kier alpha value is -2.91. The minimum atomic E-state index is -0.846. The van der Waals surface area contributed by atoms with Crippen LogP contribution < -0.4 is 10.1 Å². The smallest absolute Gasteiger partial charge is 0.305 e. The van der Waals surface area contributed by atoms with Crippen LogP contribution in [0.5, 0.6) is 5.88 Å². The quantitative estimate of drug-likeness (QED) is 0.270. The fourth-order valence-corrected chi connectivity index (χ4v) is 4.70. The van der Waals surface area contributed by atoms with E-state index in [0.29, 0.717) is 31.3 Å². The number of hydrogen-bond acceptors (Lipinski definition) is 6. The van der Waals surface area contributed by atoms with Gasteiger partial charge in [0.15, 0.2) is 0 Å². The Morgan fingerprint density at radius 3 is 2.79 bits per heavy atom. The Morgan fingerprint density at radius 2 is 2.06 bits per heavy atom. The number of hydrogen-bond donors (Lipinski definition) is 2. The van der Waals surface area contributed by atoms with Crippen molar-refractivity contribution in [2.45, 2.75) is 37.6 Å². The van der Waals surface area contributed by atoms with Crippen LogP contribution in [0, 0.1) is 0 Å². The number of imidazole rings is 1. The average Bonchev–Trinajstić information content (AvgIpc) is 3.14. The zero-order valence-corrected chi connectivity index (χ0v) is 20.7. The van der Waals surface area contributed by atoms with Crippen LogP contribution in [-0.4, -0.2) is 74.4 Å². The van der Waals surface area contributed by atoms with Gasteiger partial charge in [-0.25, -0.2) is 9.97 Å². The molecule has 0 unspecified atom stereocenters. The highest BCUT2D eigenvalue weighted by Gasteiger charge is 2.41. The van der Waals surface area contributed by atoms with E-state index in [9.17, 15) is 9.90 Å². The molecule has 3 aromatic rings. The molecule has 0 radical (unpaired) electrons. The van der Waals surface area contributed by atoms with Gasteiger partial charge in [0.25, 0.3) is 0 Å². The summed E-state index contributed by atoms with van der Waals surface area (Å²) in [6.45, 7) is 2.20. The van der Waals surface area contributed by atoms with Crippen LogP contribution in [-0.2, 0) is 18.3 Å². The third kappa shape index (κ3) is 5.77. The number of benzene rings is 1. The number of quaternary nitrogens is 1. The lowest BCUT2D eigenvalue weighted by molar-refractivity contribution is -0.896. The predicted molar refractivity (Wildman–Crippen MR) is 131 cm³/mol. The van der Waals surface area contributed by atoms with Crippen LogP contribution in [0.2, 0.25) is 5.15 Å². The number of piperidine rings is 1. The van der Waals surface area contributed by atoms with Crippen molar-refractivity contribution in [1.82, 2.24) is 19.5 Å². The van der Waals surface area contributed by atoms with Gasteiger partial charge < -0.3 is 24.2 Å². The number of nitrogens with one attached hydrogen (secondary N) is 1. The number of aliphatic carboxylic acids is 1. The number of aromatic nitrogens is 4. The summed E-state index contributed by atoms with van der Waals surface area (Å²) in [5.74, 6) is -0.175. The van der Waals surface area contributed by atoms with E-state index in [0.717, 1.165) is 41.4 Å². The summed E-state index contributed by atoms with van der Waals surface area (Å²) in [5, 5.41) is 13.1. The maximum absolute atomic E-state index is 11.6. The van der Waals surface area contributed by atoms with Crippen LogP contribution in [0.1, 0.15) is 31.2 Å². The van der Waals surface area contributed by atoms with Gasteiger partial charge in [-0.05, 0) is 24.5 Å². The second kappa shape index (κ2) is 9.76. The first-order valence-electron chi connectivity index (χ1n) is 11.5. The molecule has 0 spiro atoms. The largest absolute Gasteiger partial charge is 0.481 e. The second-order valence-corrected chi connectivity index (χ2v) is 10.2. The lowest BCUT2D eigenvalue weighted by Gasteiger charge is -2.44. The Balaban J connectivity index is 1.39. The maximum Gasteiger partial charge on any atom is 0.305 e. The SMILES string of the molecule is Cn1cnc2c(CCCOc3cc(Cl)nc(NC4(CC(=O)O)CC[N+](C)(C)CC4)n3)cccc21. The monoisotopic (exact) mass is 487 g/mol. The molecule has 1 fully saturated rings. The van der Waals surface area contributed by atoms with Crippen molar-refractivity contribution in [3.8, 4) is 5.88 Å². The lowest BCUT2D eigenvalue weighted by Crippen LogP contribution is -2.56. The molecular weight excluding hydrogens is 456 g/mol. The molecule has 1 aliphatic rings. The van der Waals surface area contributed by atoms with Crippen LogP contribution in [0.25, 0.3) is 11.0 Å². The molecule has 182 valence electrons. The highest BCUT2D eigenvalue weighted by Crippen LogP contribution is 2.32. The van der Waals surface area contributed by atoms with Crippen LogP contribution >= 0.6 is 11.6 Å². The number of fused-ring (bicyclic) bond motifs is 1. The number of carboxylic acid groups (broad SMARTS) is 1. The van der Waals surface area contributed by atoms with E-state index in [1.807, 2.05) is 24.0 Å². The number of anilines is 1. The van der Waals surface area contributed by atoms with E-state index in [-0.39, 0.29) is 11.6 Å². The lowest BCUT2D eigenvalue weighted by atomic mass is 9.83. The first-order valence-corrected chi connectivity index (χ1v) is 11.9. The number of halogens is 1. The van der Waals surface area contributed by atoms with Crippen molar-refractivity contribution in [3.63, 3.8) is 0 Å². The number of para-hydroxylation sites is 1. The standard InChI is InChI=1S/C24H31ClN6O3/c1-30-16-26-22-17(6-4-8-18(22)30)7-5-13-34-20-14-19(25)27-23(28-20)29-24(15-21(32)33)9-11-31(2,3)12-10-24/h4,6,8,14,16H,5,7,9-13,15H2,1-3H3,(H-,27,28,29,32,33)/p+1. The Bertz CT molecular complexity index is 1170. The molecule has 1 aromatic carbocycles. The number of ether oxygens (including phenoxy) is 1. The first-order chi connectivity index (χ1) is 16.1. The van der Waals surface area contributed by atoms with Crippen molar-refractivity contribution in [2.75, 3.05) is 39.1 Å². The summed E-state index contributed by atoms with van der Waals surface area (Å²) in [7, 11) is 6.29. The molecule has 2 N–H and O–H groups in total. The van der Waals surface area contributed by atoms with Crippen LogP contribution in [0.15, 0.2) is 30.6 Å². The van der Waals surface area contributed by atoms with Crippen molar-refractivity contribution >= 4 is 34.6 Å². The minimum absolute atomic E-state index is 0.00185. The van der Waals surface area contributed by atoms with Gasteiger partial charge in [0.2, 0.25) is 11.8 Å². The minimum Gasteiger partial charge on any atom is -0.481 e. The Kier molecular flexibility index (Phi) is 6.95. The Morgan fingerprint density at radius 1 is 1.29 bits per heavy atom. The molecule has 0 amide bonds. The van der Waals surface area contributed by atoms with E-state index < -0.39 is 11.5 Å². The van der Waals surface area contributed by atoms with E-state index in [2.05, 4.69) is 46.5 Å². The first kappa shape index (κ1) is 24.2. The molecule has 10 heteroatoms.